The van der Waals surface area contributed by atoms with E-state index in [1.54, 1.807) is 13.2 Å². The average Bonchev–Trinajstić information content (AvgIpc) is 2.78. The van der Waals surface area contributed by atoms with Crippen LogP contribution in [0.2, 0.25) is 0 Å². The molecule has 2 N–H and O–H groups in total. The number of carbonyl (C=O) groups excluding carboxylic acids is 1. The number of thioether (sulfide) groups is 1. The highest BCUT2D eigenvalue weighted by Gasteiger charge is 2.23. The van der Waals surface area contributed by atoms with Crippen LogP contribution < -0.4 is 10.1 Å². The van der Waals surface area contributed by atoms with Crippen molar-refractivity contribution in [1.82, 2.24) is 5.32 Å². The van der Waals surface area contributed by atoms with E-state index in [9.17, 15) is 4.79 Å². The Morgan fingerprint density at radius 2 is 2.16 bits per heavy atom. The molecule has 2 rings (SSSR count). The Bertz CT molecular complexity index is 523. The van der Waals surface area contributed by atoms with E-state index in [1.807, 2.05) is 24.3 Å². The number of benzene rings is 1. The van der Waals surface area contributed by atoms with E-state index in [4.69, 9.17) is 9.84 Å². The molecule has 1 aromatic rings. The van der Waals surface area contributed by atoms with Crippen LogP contribution in [0.1, 0.15) is 5.56 Å². The monoisotopic (exact) mass is 278 g/mol. The molecule has 0 unspecified atom stereocenters. The fourth-order valence-electron chi connectivity index (χ4n) is 1.50. The number of amides is 1. The van der Waals surface area contributed by atoms with E-state index >= 15 is 0 Å². The van der Waals surface area contributed by atoms with Gasteiger partial charge in [0.25, 0.3) is 5.91 Å². The lowest BCUT2D eigenvalue weighted by atomic mass is 10.2. The van der Waals surface area contributed by atoms with Gasteiger partial charge in [0.05, 0.1) is 25.2 Å². The summed E-state index contributed by atoms with van der Waals surface area (Å²) in [5.41, 5.74) is 0.918. The zero-order valence-corrected chi connectivity index (χ0v) is 11.2. The molecule has 1 aliphatic rings. The van der Waals surface area contributed by atoms with E-state index in [1.165, 1.54) is 11.8 Å². The zero-order chi connectivity index (χ0) is 13.7. The molecule has 1 amide bonds. The lowest BCUT2D eigenvalue weighted by Crippen LogP contribution is -2.20. The van der Waals surface area contributed by atoms with Crippen LogP contribution in [0.15, 0.2) is 34.2 Å². The molecule has 1 aliphatic heterocycles. The normalized spacial score (nSPS) is 18.9. The maximum atomic E-state index is 11.7. The molecule has 5 nitrogen and oxygen atoms in total. The molecule has 0 saturated carbocycles. The van der Waals surface area contributed by atoms with Gasteiger partial charge in [0.2, 0.25) is 0 Å². The summed E-state index contributed by atoms with van der Waals surface area (Å²) in [7, 11) is 1.61. The standard InChI is InChI=1S/C13H14N2O3S/c1-18-10-4-2-9(3-5-10)8-11-12(17)15-13(19-11)14-6-7-16/h2-5,8,16H,6-7H2,1H3,(H,14,15,17)/b11-8-. The fourth-order valence-corrected chi connectivity index (χ4v) is 2.35. The lowest BCUT2D eigenvalue weighted by Gasteiger charge is -1.99. The van der Waals surface area contributed by atoms with Crippen molar-refractivity contribution in [1.29, 1.82) is 0 Å². The molecule has 1 fully saturated rings. The summed E-state index contributed by atoms with van der Waals surface area (Å²) in [6.07, 6.45) is 1.79. The summed E-state index contributed by atoms with van der Waals surface area (Å²) in [5.74, 6) is 0.605. The van der Waals surface area contributed by atoms with Crippen molar-refractivity contribution in [2.24, 2.45) is 4.99 Å². The van der Waals surface area contributed by atoms with Crippen LogP contribution in [-0.2, 0) is 4.79 Å². The van der Waals surface area contributed by atoms with Crippen molar-refractivity contribution in [3.05, 3.63) is 34.7 Å². The fraction of sp³-hybridized carbons (Fsp3) is 0.231. The van der Waals surface area contributed by atoms with Crippen LogP contribution in [0.5, 0.6) is 5.75 Å². The predicted molar refractivity (Wildman–Crippen MR) is 76.1 cm³/mol. The summed E-state index contributed by atoms with van der Waals surface area (Å²) in [6, 6.07) is 7.43. The number of nitrogens with zero attached hydrogens (tertiary/aromatic N) is 1. The van der Waals surface area contributed by atoms with Crippen molar-refractivity contribution in [3.8, 4) is 5.75 Å². The largest absolute Gasteiger partial charge is 0.497 e. The number of nitrogens with one attached hydrogen (secondary N) is 1. The molecule has 100 valence electrons. The van der Waals surface area contributed by atoms with Gasteiger partial charge < -0.3 is 15.2 Å². The van der Waals surface area contributed by atoms with Gasteiger partial charge in [0.1, 0.15) is 5.75 Å². The van der Waals surface area contributed by atoms with Crippen LogP contribution in [0.25, 0.3) is 6.08 Å². The van der Waals surface area contributed by atoms with Crippen LogP contribution in [0.3, 0.4) is 0 Å². The second-order valence-electron chi connectivity index (χ2n) is 3.75. The van der Waals surface area contributed by atoms with E-state index in [-0.39, 0.29) is 12.5 Å². The highest BCUT2D eigenvalue weighted by atomic mass is 32.2. The van der Waals surface area contributed by atoms with Gasteiger partial charge in [-0.15, -0.1) is 0 Å². The number of aliphatic hydroxyl groups is 1. The molecule has 1 aromatic carbocycles. The van der Waals surface area contributed by atoms with Crippen molar-refractivity contribution < 1.29 is 14.6 Å². The molecule has 0 spiro atoms. The number of hydrogen-bond donors (Lipinski definition) is 2. The third-order valence-corrected chi connectivity index (χ3v) is 3.37. The van der Waals surface area contributed by atoms with Crippen LogP contribution in [0.4, 0.5) is 0 Å². The van der Waals surface area contributed by atoms with Gasteiger partial charge in [-0.3, -0.25) is 9.79 Å². The smallest absolute Gasteiger partial charge is 0.264 e. The number of hydrogen-bond acceptors (Lipinski definition) is 5. The highest BCUT2D eigenvalue weighted by molar-refractivity contribution is 8.18. The third-order valence-electron chi connectivity index (χ3n) is 2.42. The average molecular weight is 278 g/mol. The number of aliphatic hydroxyl groups excluding tert-OH is 1. The second kappa shape index (κ2) is 6.40. The first-order valence-electron chi connectivity index (χ1n) is 5.73. The van der Waals surface area contributed by atoms with Gasteiger partial charge >= 0.3 is 0 Å². The minimum absolute atomic E-state index is 0.0303. The topological polar surface area (TPSA) is 70.9 Å². The number of ether oxygens (including phenoxy) is 1. The lowest BCUT2D eigenvalue weighted by molar-refractivity contribution is -0.115. The Morgan fingerprint density at radius 3 is 2.79 bits per heavy atom. The molecule has 0 aliphatic carbocycles. The van der Waals surface area contributed by atoms with E-state index < -0.39 is 0 Å². The molecule has 0 aromatic heterocycles. The maximum Gasteiger partial charge on any atom is 0.264 e. The first-order valence-corrected chi connectivity index (χ1v) is 6.55. The summed E-state index contributed by atoms with van der Waals surface area (Å²) in [4.78, 5) is 16.3. The van der Waals surface area contributed by atoms with Gasteiger partial charge in [-0.05, 0) is 35.5 Å². The quantitative estimate of drug-likeness (QED) is 0.813. The minimum atomic E-state index is -0.169. The predicted octanol–water partition coefficient (Wildman–Crippen LogP) is 1.25. The summed E-state index contributed by atoms with van der Waals surface area (Å²) in [6.45, 7) is 0.260. The number of methoxy groups -OCH3 is 1. The molecule has 1 heterocycles. The Morgan fingerprint density at radius 1 is 1.42 bits per heavy atom. The van der Waals surface area contributed by atoms with Crippen LogP contribution in [0, 0.1) is 0 Å². The van der Waals surface area contributed by atoms with Crippen molar-refractivity contribution >= 4 is 28.9 Å². The van der Waals surface area contributed by atoms with Crippen LogP contribution >= 0.6 is 11.8 Å². The summed E-state index contributed by atoms with van der Waals surface area (Å²) < 4.78 is 5.07. The molecular formula is C13H14N2O3S. The summed E-state index contributed by atoms with van der Waals surface area (Å²) in [5, 5.41) is 11.9. The number of aliphatic imine (C=N–C) groups is 1. The molecular weight excluding hydrogens is 264 g/mol. The molecule has 6 heteroatoms. The van der Waals surface area contributed by atoms with Gasteiger partial charge in [0, 0.05) is 0 Å². The number of amidine groups is 1. The number of rotatable bonds is 4. The van der Waals surface area contributed by atoms with Crippen LogP contribution in [-0.4, -0.2) is 36.4 Å². The zero-order valence-electron chi connectivity index (χ0n) is 10.4. The van der Waals surface area contributed by atoms with Crippen molar-refractivity contribution in [2.45, 2.75) is 0 Å². The molecule has 0 bridgehead atoms. The molecule has 0 atom stereocenters. The second-order valence-corrected chi connectivity index (χ2v) is 4.78. The van der Waals surface area contributed by atoms with Gasteiger partial charge in [-0.25, -0.2) is 0 Å². The van der Waals surface area contributed by atoms with Gasteiger partial charge in [0.15, 0.2) is 5.17 Å². The van der Waals surface area contributed by atoms with Gasteiger partial charge in [-0.2, -0.15) is 0 Å². The minimum Gasteiger partial charge on any atom is -0.497 e. The first kappa shape index (κ1) is 13.6. The highest BCUT2D eigenvalue weighted by Crippen LogP contribution is 2.26. The SMILES string of the molecule is COc1ccc(/C=C2\SC(=NCCO)NC2=O)cc1. The first-order chi connectivity index (χ1) is 9.22. The molecule has 0 radical (unpaired) electrons. The Kier molecular flexibility index (Phi) is 4.59. The molecule has 19 heavy (non-hydrogen) atoms. The Balaban J connectivity index is 2.12. The number of carbonyl (C=O) groups is 1. The summed E-state index contributed by atoms with van der Waals surface area (Å²) >= 11 is 1.27. The van der Waals surface area contributed by atoms with Crippen molar-refractivity contribution in [3.63, 3.8) is 0 Å². The Labute approximate surface area is 115 Å². The van der Waals surface area contributed by atoms with E-state index in [2.05, 4.69) is 10.3 Å². The Hall–Kier alpha value is -1.79. The van der Waals surface area contributed by atoms with E-state index in [0.717, 1.165) is 11.3 Å². The van der Waals surface area contributed by atoms with Gasteiger partial charge in [-0.1, -0.05) is 12.1 Å². The third kappa shape index (κ3) is 3.59. The maximum absolute atomic E-state index is 11.7. The van der Waals surface area contributed by atoms with Crippen molar-refractivity contribution in [2.75, 3.05) is 20.3 Å². The molecule has 1 saturated heterocycles. The van der Waals surface area contributed by atoms with E-state index in [0.29, 0.717) is 16.6 Å².